The molecule has 1 heterocycles. The Morgan fingerprint density at radius 1 is 1.37 bits per heavy atom. The third-order valence-corrected chi connectivity index (χ3v) is 3.08. The molecule has 98 valence electrons. The number of carbonyl (C=O) groups is 1. The summed E-state index contributed by atoms with van der Waals surface area (Å²) in [6.07, 6.45) is 1.90. The van der Waals surface area contributed by atoms with Crippen LogP contribution >= 0.6 is 27.5 Å². The van der Waals surface area contributed by atoms with Crippen LogP contribution in [-0.2, 0) is 0 Å². The van der Waals surface area contributed by atoms with Gasteiger partial charge in [-0.3, -0.25) is 4.79 Å². The molecule has 0 fully saturated rings. The second kappa shape index (κ2) is 5.99. The molecule has 0 aliphatic heterocycles. The number of nitrogens with one attached hydrogen (secondary N) is 1. The van der Waals surface area contributed by atoms with Crippen LogP contribution in [0.4, 0.5) is 11.5 Å². The number of benzene rings is 1. The summed E-state index contributed by atoms with van der Waals surface area (Å²) in [5.74, 6) is 1.01. The SMILES string of the molecule is COc1cc(Br)cc(Nc2ncnc(Cl)c2C=O)c1. The fourth-order valence-corrected chi connectivity index (χ4v) is 2.12. The quantitative estimate of drug-likeness (QED) is 0.681. The fraction of sp³-hybridized carbons (Fsp3) is 0.0833. The summed E-state index contributed by atoms with van der Waals surface area (Å²) < 4.78 is 5.99. The molecular formula is C12H9BrClN3O2. The van der Waals surface area contributed by atoms with Gasteiger partial charge in [0.2, 0.25) is 0 Å². The van der Waals surface area contributed by atoms with Gasteiger partial charge in [-0.25, -0.2) is 9.97 Å². The van der Waals surface area contributed by atoms with Crippen LogP contribution in [0.1, 0.15) is 10.4 Å². The minimum Gasteiger partial charge on any atom is -0.497 e. The van der Waals surface area contributed by atoms with Gasteiger partial charge in [-0.1, -0.05) is 27.5 Å². The van der Waals surface area contributed by atoms with Crippen molar-refractivity contribution < 1.29 is 9.53 Å². The van der Waals surface area contributed by atoms with E-state index in [1.54, 1.807) is 13.2 Å². The number of hydrogen-bond donors (Lipinski definition) is 1. The highest BCUT2D eigenvalue weighted by Gasteiger charge is 2.10. The maximum atomic E-state index is 11.0. The number of halogens is 2. The summed E-state index contributed by atoms with van der Waals surface area (Å²) in [5, 5.41) is 3.11. The zero-order valence-corrected chi connectivity index (χ0v) is 12.2. The van der Waals surface area contributed by atoms with Crippen LogP contribution in [-0.4, -0.2) is 23.4 Å². The highest BCUT2D eigenvalue weighted by molar-refractivity contribution is 9.10. The summed E-state index contributed by atoms with van der Waals surface area (Å²) in [6.45, 7) is 0. The van der Waals surface area contributed by atoms with E-state index in [1.807, 2.05) is 12.1 Å². The summed E-state index contributed by atoms with van der Waals surface area (Å²) >= 11 is 9.20. The molecule has 0 aliphatic carbocycles. The van der Waals surface area contributed by atoms with Gasteiger partial charge in [0, 0.05) is 16.2 Å². The molecule has 0 aliphatic rings. The summed E-state index contributed by atoms with van der Waals surface area (Å²) in [6, 6.07) is 5.42. The number of aldehydes is 1. The molecule has 19 heavy (non-hydrogen) atoms. The van der Waals surface area contributed by atoms with Crippen molar-refractivity contribution in [3.05, 3.63) is 39.7 Å². The van der Waals surface area contributed by atoms with E-state index < -0.39 is 0 Å². The van der Waals surface area contributed by atoms with Crippen molar-refractivity contribution in [2.75, 3.05) is 12.4 Å². The van der Waals surface area contributed by atoms with E-state index in [0.29, 0.717) is 23.5 Å². The molecule has 1 aromatic heterocycles. The van der Waals surface area contributed by atoms with E-state index in [4.69, 9.17) is 16.3 Å². The number of ether oxygens (including phenoxy) is 1. The minimum absolute atomic E-state index is 0.106. The average Bonchev–Trinajstić information content (AvgIpc) is 2.38. The lowest BCUT2D eigenvalue weighted by Gasteiger charge is -2.10. The standard InChI is InChI=1S/C12H9BrClN3O2/c1-19-9-3-7(13)2-8(4-9)17-12-10(5-18)11(14)15-6-16-12/h2-6H,1H3,(H,15,16,17). The van der Waals surface area contributed by atoms with Crippen molar-refractivity contribution >= 4 is 45.3 Å². The smallest absolute Gasteiger partial charge is 0.156 e. The number of hydrogen-bond acceptors (Lipinski definition) is 5. The summed E-state index contributed by atoms with van der Waals surface area (Å²) in [5.41, 5.74) is 0.923. The van der Waals surface area contributed by atoms with Crippen molar-refractivity contribution in [3.63, 3.8) is 0 Å². The van der Waals surface area contributed by atoms with Crippen LogP contribution in [0.5, 0.6) is 5.75 Å². The average molecular weight is 343 g/mol. The van der Waals surface area contributed by atoms with Crippen molar-refractivity contribution in [2.45, 2.75) is 0 Å². The molecule has 0 unspecified atom stereocenters. The Labute approximate surface area is 123 Å². The van der Waals surface area contributed by atoms with Gasteiger partial charge >= 0.3 is 0 Å². The molecule has 0 atom stereocenters. The van der Waals surface area contributed by atoms with E-state index in [9.17, 15) is 4.79 Å². The van der Waals surface area contributed by atoms with Crippen molar-refractivity contribution in [1.82, 2.24) is 9.97 Å². The Bertz CT molecular complexity index is 622. The molecule has 0 bridgehead atoms. The van der Waals surface area contributed by atoms with Crippen LogP contribution in [0.3, 0.4) is 0 Å². The molecule has 0 amide bonds. The minimum atomic E-state index is 0.106. The highest BCUT2D eigenvalue weighted by atomic mass is 79.9. The predicted octanol–water partition coefficient (Wildman–Crippen LogP) is 3.46. The van der Waals surface area contributed by atoms with E-state index in [0.717, 1.165) is 4.47 Å². The van der Waals surface area contributed by atoms with Gasteiger partial charge in [-0.15, -0.1) is 0 Å². The first-order valence-corrected chi connectivity index (χ1v) is 6.38. The van der Waals surface area contributed by atoms with Crippen molar-refractivity contribution in [3.8, 4) is 5.75 Å². The van der Waals surface area contributed by atoms with Crippen molar-refractivity contribution in [2.24, 2.45) is 0 Å². The second-order valence-electron chi connectivity index (χ2n) is 3.55. The summed E-state index contributed by atoms with van der Waals surface area (Å²) in [4.78, 5) is 18.7. The zero-order chi connectivity index (χ0) is 13.8. The topological polar surface area (TPSA) is 64.1 Å². The molecule has 5 nitrogen and oxygen atoms in total. The molecular weight excluding hydrogens is 334 g/mol. The molecule has 0 saturated carbocycles. The lowest BCUT2D eigenvalue weighted by molar-refractivity contribution is 0.112. The lowest BCUT2D eigenvalue weighted by Crippen LogP contribution is -2.01. The summed E-state index contributed by atoms with van der Waals surface area (Å²) in [7, 11) is 1.57. The number of carbonyl (C=O) groups excluding carboxylic acids is 1. The predicted molar refractivity (Wildman–Crippen MR) is 76.4 cm³/mol. The van der Waals surface area contributed by atoms with Gasteiger partial charge in [0.25, 0.3) is 0 Å². The van der Waals surface area contributed by atoms with Gasteiger partial charge < -0.3 is 10.1 Å². The number of aromatic nitrogens is 2. The molecule has 0 spiro atoms. The first-order valence-electron chi connectivity index (χ1n) is 5.21. The maximum absolute atomic E-state index is 11.0. The van der Waals surface area contributed by atoms with E-state index >= 15 is 0 Å². The Kier molecular flexibility index (Phi) is 4.34. The van der Waals surface area contributed by atoms with Crippen LogP contribution in [0, 0.1) is 0 Å². The Hall–Kier alpha value is -1.66. The number of anilines is 2. The molecule has 1 aromatic carbocycles. The van der Waals surface area contributed by atoms with E-state index in [2.05, 4.69) is 31.2 Å². The van der Waals surface area contributed by atoms with Gasteiger partial charge in [-0.2, -0.15) is 0 Å². The second-order valence-corrected chi connectivity index (χ2v) is 4.82. The maximum Gasteiger partial charge on any atom is 0.156 e. The van der Waals surface area contributed by atoms with Crippen LogP contribution in [0.15, 0.2) is 29.0 Å². The van der Waals surface area contributed by atoms with Gasteiger partial charge in [0.15, 0.2) is 6.29 Å². The lowest BCUT2D eigenvalue weighted by atomic mass is 10.2. The van der Waals surface area contributed by atoms with Gasteiger partial charge in [0.05, 0.1) is 12.7 Å². The third kappa shape index (κ3) is 3.21. The van der Waals surface area contributed by atoms with Crippen LogP contribution < -0.4 is 10.1 Å². The zero-order valence-electron chi connectivity index (χ0n) is 9.85. The Morgan fingerprint density at radius 3 is 2.84 bits per heavy atom. The number of methoxy groups -OCH3 is 1. The molecule has 0 radical (unpaired) electrons. The monoisotopic (exact) mass is 341 g/mol. The van der Waals surface area contributed by atoms with Crippen molar-refractivity contribution in [1.29, 1.82) is 0 Å². The van der Waals surface area contributed by atoms with E-state index in [1.165, 1.54) is 6.33 Å². The molecule has 0 saturated heterocycles. The van der Waals surface area contributed by atoms with Gasteiger partial charge in [-0.05, 0) is 12.1 Å². The largest absolute Gasteiger partial charge is 0.497 e. The highest BCUT2D eigenvalue weighted by Crippen LogP contribution is 2.28. The normalized spacial score (nSPS) is 10.1. The third-order valence-electron chi connectivity index (χ3n) is 2.32. The first kappa shape index (κ1) is 13.8. The molecule has 1 N–H and O–H groups in total. The number of nitrogens with zero attached hydrogens (tertiary/aromatic N) is 2. The van der Waals surface area contributed by atoms with Crippen LogP contribution in [0.2, 0.25) is 5.15 Å². The number of rotatable bonds is 4. The Balaban J connectivity index is 2.38. The molecule has 7 heteroatoms. The first-order chi connectivity index (χ1) is 9.13. The van der Waals surface area contributed by atoms with E-state index in [-0.39, 0.29) is 10.7 Å². The Morgan fingerprint density at radius 2 is 2.16 bits per heavy atom. The molecule has 2 rings (SSSR count). The fourth-order valence-electron chi connectivity index (χ4n) is 1.47. The molecule has 2 aromatic rings. The van der Waals surface area contributed by atoms with Gasteiger partial charge in [0.1, 0.15) is 23.0 Å². The van der Waals surface area contributed by atoms with Crippen LogP contribution in [0.25, 0.3) is 0 Å².